The van der Waals surface area contributed by atoms with E-state index in [4.69, 9.17) is 0 Å². The minimum absolute atomic E-state index is 0.0326. The lowest BCUT2D eigenvalue weighted by molar-refractivity contribution is -0.131. The Bertz CT molecular complexity index is 1340. The van der Waals surface area contributed by atoms with E-state index in [0.29, 0.717) is 49.4 Å². The van der Waals surface area contributed by atoms with Gasteiger partial charge in [0, 0.05) is 45.3 Å². The number of aryl methyl sites for hydroxylation is 2. The van der Waals surface area contributed by atoms with E-state index in [1.165, 1.54) is 10.9 Å². The standard InChI is InChI=1S/C23H24N8O2/c1-17-8-11-31(27-17)21-7-6-20(25-26-21)28-12-14-29(15-13-28)22(32)9-10-30-16-24-19-5-3-2-4-18(19)23(30)33/h2-8,11,16H,9-10,12-15H2,1H3. The summed E-state index contributed by atoms with van der Waals surface area (Å²) in [5, 5.41) is 13.5. The fraction of sp³-hybridized carbons (Fsp3) is 0.304. The van der Waals surface area contributed by atoms with Gasteiger partial charge in [0.25, 0.3) is 5.56 Å². The molecule has 10 nitrogen and oxygen atoms in total. The second kappa shape index (κ2) is 8.81. The number of piperazine rings is 1. The van der Waals surface area contributed by atoms with Gasteiger partial charge in [-0.15, -0.1) is 10.2 Å². The van der Waals surface area contributed by atoms with Crippen LogP contribution in [0.3, 0.4) is 0 Å². The number of rotatable bonds is 5. The molecule has 0 unspecified atom stereocenters. The lowest BCUT2D eigenvalue weighted by Gasteiger charge is -2.35. The predicted octanol–water partition coefficient (Wildman–Crippen LogP) is 1.42. The number of hydrogen-bond donors (Lipinski definition) is 0. The first-order chi connectivity index (χ1) is 16.1. The Hall–Kier alpha value is -4.08. The van der Waals surface area contributed by atoms with Crippen LogP contribution in [-0.2, 0) is 11.3 Å². The molecule has 1 aliphatic rings. The Morgan fingerprint density at radius 2 is 1.73 bits per heavy atom. The lowest BCUT2D eigenvalue weighted by Crippen LogP contribution is -2.49. The lowest BCUT2D eigenvalue weighted by atomic mass is 10.2. The van der Waals surface area contributed by atoms with Crippen LogP contribution >= 0.6 is 0 Å². The first-order valence-corrected chi connectivity index (χ1v) is 10.9. The zero-order chi connectivity index (χ0) is 22.8. The number of para-hydroxylation sites is 1. The average Bonchev–Trinajstić information content (AvgIpc) is 3.30. The van der Waals surface area contributed by atoms with Gasteiger partial charge in [0.1, 0.15) is 0 Å². The van der Waals surface area contributed by atoms with E-state index >= 15 is 0 Å². The molecule has 1 saturated heterocycles. The van der Waals surface area contributed by atoms with Crippen molar-refractivity contribution in [3.05, 3.63) is 71.0 Å². The van der Waals surface area contributed by atoms with Crippen molar-refractivity contribution in [2.45, 2.75) is 19.9 Å². The van der Waals surface area contributed by atoms with Crippen molar-refractivity contribution in [3.8, 4) is 5.82 Å². The maximum Gasteiger partial charge on any atom is 0.261 e. The maximum absolute atomic E-state index is 12.7. The van der Waals surface area contributed by atoms with Crippen LogP contribution in [0.4, 0.5) is 5.82 Å². The van der Waals surface area contributed by atoms with Crippen molar-refractivity contribution in [1.29, 1.82) is 0 Å². The summed E-state index contributed by atoms with van der Waals surface area (Å²) in [4.78, 5) is 33.6. The van der Waals surface area contributed by atoms with Gasteiger partial charge in [-0.05, 0) is 37.3 Å². The number of benzene rings is 1. The summed E-state index contributed by atoms with van der Waals surface area (Å²) in [5.74, 6) is 1.48. The summed E-state index contributed by atoms with van der Waals surface area (Å²) in [6, 6.07) is 13.0. The number of carbonyl (C=O) groups is 1. The number of hydrogen-bond acceptors (Lipinski definition) is 7. The van der Waals surface area contributed by atoms with E-state index in [1.807, 2.05) is 54.4 Å². The fourth-order valence-electron chi connectivity index (χ4n) is 3.98. The molecule has 4 aromatic rings. The smallest absolute Gasteiger partial charge is 0.261 e. The minimum atomic E-state index is -0.120. The number of amides is 1. The van der Waals surface area contributed by atoms with Gasteiger partial charge in [-0.3, -0.25) is 14.2 Å². The van der Waals surface area contributed by atoms with Crippen molar-refractivity contribution < 1.29 is 4.79 Å². The number of aromatic nitrogens is 6. The van der Waals surface area contributed by atoms with Gasteiger partial charge in [0.2, 0.25) is 5.91 Å². The van der Waals surface area contributed by atoms with Crippen LogP contribution in [-0.4, -0.2) is 66.5 Å². The molecule has 0 atom stereocenters. The third-order valence-electron chi connectivity index (χ3n) is 5.85. The van der Waals surface area contributed by atoms with E-state index in [1.54, 1.807) is 10.7 Å². The van der Waals surface area contributed by atoms with Gasteiger partial charge in [-0.25, -0.2) is 9.67 Å². The average molecular weight is 444 g/mol. The molecule has 0 N–H and O–H groups in total. The maximum atomic E-state index is 12.7. The van der Waals surface area contributed by atoms with Gasteiger partial charge in [-0.2, -0.15) is 5.10 Å². The summed E-state index contributed by atoms with van der Waals surface area (Å²) >= 11 is 0. The summed E-state index contributed by atoms with van der Waals surface area (Å²) in [7, 11) is 0. The third kappa shape index (κ3) is 4.32. The number of fused-ring (bicyclic) bond motifs is 1. The van der Waals surface area contributed by atoms with Crippen LogP contribution in [0.1, 0.15) is 12.1 Å². The molecule has 4 heterocycles. The van der Waals surface area contributed by atoms with Crippen LogP contribution in [0.2, 0.25) is 0 Å². The molecular formula is C23H24N8O2. The Morgan fingerprint density at radius 1 is 0.970 bits per heavy atom. The first-order valence-electron chi connectivity index (χ1n) is 10.9. The highest BCUT2D eigenvalue weighted by Gasteiger charge is 2.22. The second-order valence-corrected chi connectivity index (χ2v) is 8.03. The molecule has 1 amide bonds. The van der Waals surface area contributed by atoms with Crippen molar-refractivity contribution in [1.82, 2.24) is 34.4 Å². The van der Waals surface area contributed by atoms with Crippen molar-refractivity contribution >= 4 is 22.6 Å². The molecule has 1 fully saturated rings. The van der Waals surface area contributed by atoms with Gasteiger partial charge in [-0.1, -0.05) is 12.1 Å². The summed E-state index contributed by atoms with van der Waals surface area (Å²) in [5.41, 5.74) is 1.46. The van der Waals surface area contributed by atoms with Crippen LogP contribution in [0.25, 0.3) is 16.7 Å². The highest BCUT2D eigenvalue weighted by Crippen LogP contribution is 2.15. The molecule has 0 spiro atoms. The number of nitrogens with zero attached hydrogens (tertiary/aromatic N) is 8. The van der Waals surface area contributed by atoms with Crippen molar-refractivity contribution in [3.63, 3.8) is 0 Å². The third-order valence-corrected chi connectivity index (χ3v) is 5.85. The molecule has 0 aliphatic carbocycles. The first kappa shape index (κ1) is 20.8. The summed E-state index contributed by atoms with van der Waals surface area (Å²) in [6.45, 7) is 4.80. The van der Waals surface area contributed by atoms with Crippen molar-refractivity contribution in [2.75, 3.05) is 31.1 Å². The van der Waals surface area contributed by atoms with E-state index < -0.39 is 0 Å². The fourth-order valence-corrected chi connectivity index (χ4v) is 3.98. The molecule has 33 heavy (non-hydrogen) atoms. The Kier molecular flexibility index (Phi) is 5.55. The van der Waals surface area contributed by atoms with Crippen LogP contribution < -0.4 is 10.5 Å². The quantitative estimate of drug-likeness (QED) is 0.459. The molecule has 3 aromatic heterocycles. The number of anilines is 1. The van der Waals surface area contributed by atoms with Gasteiger partial charge < -0.3 is 9.80 Å². The van der Waals surface area contributed by atoms with E-state index in [0.717, 1.165) is 11.5 Å². The molecule has 1 aliphatic heterocycles. The Balaban J connectivity index is 1.16. The SMILES string of the molecule is Cc1ccn(-c2ccc(N3CCN(C(=O)CCn4cnc5ccccc5c4=O)CC3)nn2)n1. The zero-order valence-electron chi connectivity index (χ0n) is 18.3. The van der Waals surface area contributed by atoms with Gasteiger partial charge in [0.15, 0.2) is 11.6 Å². The zero-order valence-corrected chi connectivity index (χ0v) is 18.3. The Morgan fingerprint density at radius 3 is 2.45 bits per heavy atom. The van der Waals surface area contributed by atoms with Gasteiger partial charge >= 0.3 is 0 Å². The Labute approximate surface area is 190 Å². The topological polar surface area (TPSA) is 102 Å². The monoisotopic (exact) mass is 444 g/mol. The van der Waals surface area contributed by atoms with Crippen LogP contribution in [0.15, 0.2) is 59.8 Å². The highest BCUT2D eigenvalue weighted by atomic mass is 16.2. The largest absolute Gasteiger partial charge is 0.352 e. The summed E-state index contributed by atoms with van der Waals surface area (Å²) < 4.78 is 3.20. The molecule has 168 valence electrons. The number of carbonyl (C=O) groups excluding carboxylic acids is 1. The molecule has 0 saturated carbocycles. The normalized spacial score (nSPS) is 14.1. The molecule has 1 aromatic carbocycles. The van der Waals surface area contributed by atoms with Crippen LogP contribution in [0, 0.1) is 6.92 Å². The van der Waals surface area contributed by atoms with Gasteiger partial charge in [0.05, 0.1) is 22.9 Å². The molecular weight excluding hydrogens is 420 g/mol. The van der Waals surface area contributed by atoms with E-state index in [2.05, 4.69) is 25.2 Å². The minimum Gasteiger partial charge on any atom is -0.352 e. The predicted molar refractivity (Wildman–Crippen MR) is 123 cm³/mol. The van der Waals surface area contributed by atoms with E-state index in [9.17, 15) is 9.59 Å². The van der Waals surface area contributed by atoms with E-state index in [-0.39, 0.29) is 17.9 Å². The molecule has 0 bridgehead atoms. The van der Waals surface area contributed by atoms with Crippen molar-refractivity contribution in [2.24, 2.45) is 0 Å². The summed E-state index contributed by atoms with van der Waals surface area (Å²) in [6.07, 6.45) is 3.63. The highest BCUT2D eigenvalue weighted by molar-refractivity contribution is 5.77. The molecule has 10 heteroatoms. The second-order valence-electron chi connectivity index (χ2n) is 8.03. The molecule has 0 radical (unpaired) electrons. The van der Waals surface area contributed by atoms with Crippen LogP contribution in [0.5, 0.6) is 0 Å². The molecule has 5 rings (SSSR count).